The van der Waals surface area contributed by atoms with E-state index in [2.05, 4.69) is 32.2 Å². The van der Waals surface area contributed by atoms with Crippen LogP contribution in [0, 0.1) is 5.92 Å². The maximum atomic E-state index is 14.1. The summed E-state index contributed by atoms with van der Waals surface area (Å²) in [5.74, 6) is 0.739. The van der Waals surface area contributed by atoms with E-state index >= 15 is 0 Å². The van der Waals surface area contributed by atoms with Crippen LogP contribution in [0.2, 0.25) is 18.6 Å². The Morgan fingerprint density at radius 2 is 1.77 bits per heavy atom. The number of nitrogens with zero attached hydrogens (tertiary/aromatic N) is 2. The Labute approximate surface area is 229 Å². The summed E-state index contributed by atoms with van der Waals surface area (Å²) in [6.45, 7) is 6.68. The van der Waals surface area contributed by atoms with Crippen LogP contribution in [0.5, 0.6) is 11.5 Å². The number of aromatic nitrogens is 1. The van der Waals surface area contributed by atoms with Crippen molar-refractivity contribution in [2.75, 3.05) is 32.8 Å². The fourth-order valence-corrected chi connectivity index (χ4v) is 10.8. The normalized spacial score (nSPS) is 24.3. The number of carbonyl (C=O) groups excluding carboxylic acids is 1. The van der Waals surface area contributed by atoms with Crippen molar-refractivity contribution < 1.29 is 24.1 Å². The second-order valence-corrected chi connectivity index (χ2v) is 15.7. The van der Waals surface area contributed by atoms with E-state index in [1.54, 1.807) is 37.4 Å². The minimum atomic E-state index is -2.24. The van der Waals surface area contributed by atoms with Gasteiger partial charge in [-0.25, -0.2) is 0 Å². The highest BCUT2D eigenvalue weighted by Gasteiger charge is 2.65. The van der Waals surface area contributed by atoms with Gasteiger partial charge >= 0.3 is 0 Å². The Balaban J connectivity index is 1.65. The first-order chi connectivity index (χ1) is 18.6. The van der Waals surface area contributed by atoms with Crippen LogP contribution in [0.3, 0.4) is 0 Å². The number of hydrogen-bond acceptors (Lipinski definition) is 6. The topological polar surface area (TPSA) is 90.2 Å². The quantitative estimate of drug-likeness (QED) is 0.455. The van der Waals surface area contributed by atoms with Gasteiger partial charge in [0.05, 0.1) is 34.1 Å². The first-order valence-corrected chi connectivity index (χ1v) is 16.3. The molecule has 3 heterocycles. The number of methoxy groups -OCH3 is 2. The van der Waals surface area contributed by atoms with Gasteiger partial charge in [0.2, 0.25) is 0 Å². The molecule has 1 spiro atoms. The number of anilines is 1. The predicted molar refractivity (Wildman–Crippen MR) is 153 cm³/mol. The Kier molecular flexibility index (Phi) is 6.94. The molecule has 3 aromatic rings. The van der Waals surface area contributed by atoms with Gasteiger partial charge in [-0.15, -0.1) is 0 Å². The van der Waals surface area contributed by atoms with Crippen molar-refractivity contribution in [1.82, 2.24) is 4.57 Å². The van der Waals surface area contributed by atoms with Crippen molar-refractivity contribution in [3.05, 3.63) is 76.7 Å². The van der Waals surface area contributed by atoms with Crippen LogP contribution in [0.15, 0.2) is 65.6 Å². The number of ether oxygens (including phenoxy) is 3. The molecular formula is C30H36N2O6Si. The predicted octanol–water partition coefficient (Wildman–Crippen LogP) is 3.43. The number of carbonyl (C=O) groups is 1. The van der Waals surface area contributed by atoms with Crippen molar-refractivity contribution >= 4 is 24.9 Å². The zero-order valence-electron chi connectivity index (χ0n) is 23.3. The van der Waals surface area contributed by atoms with Gasteiger partial charge in [-0.2, -0.15) is 0 Å². The summed E-state index contributed by atoms with van der Waals surface area (Å²) >= 11 is 0. The van der Waals surface area contributed by atoms with E-state index in [0.29, 0.717) is 12.1 Å². The maximum absolute atomic E-state index is 14.1. The Bertz CT molecular complexity index is 1450. The third-order valence-electron chi connectivity index (χ3n) is 8.77. The molecule has 9 heteroatoms. The summed E-state index contributed by atoms with van der Waals surface area (Å²) in [7, 11) is 2.64. The van der Waals surface area contributed by atoms with Crippen LogP contribution < -0.4 is 25.1 Å². The number of fused-ring (bicyclic) bond motifs is 2. The maximum Gasteiger partial charge on any atom is 0.297 e. The zero-order valence-corrected chi connectivity index (χ0v) is 24.3. The number of likely N-dealkylation sites (N-methyl/N-ethyl adjacent to an activating group) is 1. The Hall–Kier alpha value is -3.40. The highest BCUT2D eigenvalue weighted by molar-refractivity contribution is 6.91. The molecule has 1 aromatic heterocycles. The fraction of sp³-hybridized carbons (Fsp3) is 0.400. The standard InChI is InChI=1S/C30H36N2O6Si/c1-19-27(39(5,6)22-12-10-21(36-3)11-13-22)25(15-17-33)38-30(19)23-18-20(9-14-24(23)31(2)29(30)35)32-16-7-8-26(37-4)28(32)34/h7-14,16,18-19,25,27,33H,15,17H2,1-6H3/t19-,25+,27-,30+/m0/s1. The van der Waals surface area contributed by atoms with E-state index in [1.165, 1.54) is 16.9 Å². The summed E-state index contributed by atoms with van der Waals surface area (Å²) in [5, 5.41) is 11.3. The smallest absolute Gasteiger partial charge is 0.297 e. The third-order valence-corrected chi connectivity index (χ3v) is 13.1. The average molecular weight is 549 g/mol. The molecule has 1 saturated heterocycles. The highest BCUT2D eigenvalue weighted by atomic mass is 28.3. The molecule has 0 radical (unpaired) electrons. The monoisotopic (exact) mass is 548 g/mol. The largest absolute Gasteiger partial charge is 0.497 e. The fourth-order valence-electron chi connectivity index (χ4n) is 6.79. The van der Waals surface area contributed by atoms with Crippen LogP contribution in [0.4, 0.5) is 5.69 Å². The molecule has 2 aromatic carbocycles. The molecule has 0 saturated carbocycles. The number of aliphatic hydroxyl groups is 1. The molecule has 8 nitrogen and oxygen atoms in total. The number of aliphatic hydroxyl groups excluding tert-OH is 1. The van der Waals surface area contributed by atoms with E-state index in [-0.39, 0.29) is 41.4 Å². The molecule has 5 rings (SSSR count). The molecule has 0 unspecified atom stereocenters. The minimum Gasteiger partial charge on any atom is -0.497 e. The lowest BCUT2D eigenvalue weighted by molar-refractivity contribution is -0.145. The Morgan fingerprint density at radius 3 is 2.41 bits per heavy atom. The van der Waals surface area contributed by atoms with Crippen molar-refractivity contribution in [3.8, 4) is 17.2 Å². The van der Waals surface area contributed by atoms with Crippen molar-refractivity contribution in [3.63, 3.8) is 0 Å². The Morgan fingerprint density at radius 1 is 1.05 bits per heavy atom. The van der Waals surface area contributed by atoms with Crippen LogP contribution in [0.25, 0.3) is 5.69 Å². The lowest BCUT2D eigenvalue weighted by atomic mass is 9.82. The van der Waals surface area contributed by atoms with Gasteiger partial charge in [-0.05, 0) is 54.4 Å². The lowest BCUT2D eigenvalue weighted by Gasteiger charge is -2.37. The lowest BCUT2D eigenvalue weighted by Crippen LogP contribution is -2.51. The van der Waals surface area contributed by atoms with Crippen LogP contribution >= 0.6 is 0 Å². The molecule has 0 bridgehead atoms. The average Bonchev–Trinajstić information content (AvgIpc) is 3.35. The molecular weight excluding hydrogens is 512 g/mol. The van der Waals surface area contributed by atoms with Crippen molar-refractivity contribution in [1.29, 1.82) is 0 Å². The summed E-state index contributed by atoms with van der Waals surface area (Å²) < 4.78 is 19.0. The van der Waals surface area contributed by atoms with Crippen LogP contribution in [-0.4, -0.2) is 57.6 Å². The SMILES string of the molecule is COc1ccc([Si](C)(C)[C@@H]2[C@@H](CCO)O[C@]3(C(=O)N(C)c4ccc(-n5cccc(OC)c5=O)cc43)[C@H]2C)cc1. The van der Waals surface area contributed by atoms with Gasteiger partial charge in [0, 0.05) is 37.0 Å². The van der Waals surface area contributed by atoms with Crippen LogP contribution in [0.1, 0.15) is 18.9 Å². The van der Waals surface area contributed by atoms with Gasteiger partial charge in [-0.3, -0.25) is 14.2 Å². The number of hydrogen-bond donors (Lipinski definition) is 1. The molecule has 1 fully saturated rings. The van der Waals surface area contributed by atoms with E-state index in [0.717, 1.165) is 17.0 Å². The van der Waals surface area contributed by atoms with Gasteiger partial charge in [0.25, 0.3) is 11.5 Å². The van der Waals surface area contributed by atoms with E-state index in [4.69, 9.17) is 14.2 Å². The first kappa shape index (κ1) is 27.2. The highest BCUT2D eigenvalue weighted by Crippen LogP contribution is 2.59. The van der Waals surface area contributed by atoms with E-state index < -0.39 is 13.7 Å². The first-order valence-electron chi connectivity index (χ1n) is 13.2. The molecule has 2 aliphatic rings. The molecule has 0 aliphatic carbocycles. The molecule has 2 aliphatic heterocycles. The summed E-state index contributed by atoms with van der Waals surface area (Å²) in [4.78, 5) is 28.8. The van der Waals surface area contributed by atoms with Crippen molar-refractivity contribution in [2.24, 2.45) is 5.92 Å². The zero-order chi connectivity index (χ0) is 28.1. The molecule has 206 valence electrons. The van der Waals surface area contributed by atoms with Gasteiger partial charge in [0.15, 0.2) is 11.4 Å². The minimum absolute atomic E-state index is 0.0345. The number of pyridine rings is 1. The number of benzene rings is 2. The van der Waals surface area contributed by atoms with E-state index in [1.807, 2.05) is 30.3 Å². The molecule has 39 heavy (non-hydrogen) atoms. The summed E-state index contributed by atoms with van der Waals surface area (Å²) in [6, 6.07) is 17.2. The third kappa shape index (κ3) is 4.02. The second kappa shape index (κ2) is 9.97. The van der Waals surface area contributed by atoms with Gasteiger partial charge < -0.3 is 24.2 Å². The van der Waals surface area contributed by atoms with Gasteiger partial charge in [-0.1, -0.05) is 37.3 Å². The summed E-state index contributed by atoms with van der Waals surface area (Å²) in [5.41, 5.74) is 0.688. The van der Waals surface area contributed by atoms with Gasteiger partial charge in [0.1, 0.15) is 5.75 Å². The van der Waals surface area contributed by atoms with Crippen molar-refractivity contribution in [2.45, 2.75) is 43.7 Å². The second-order valence-electron chi connectivity index (χ2n) is 11.0. The van der Waals surface area contributed by atoms with E-state index in [9.17, 15) is 14.7 Å². The molecule has 1 amide bonds. The molecule has 4 atom stereocenters. The molecule has 1 N–H and O–H groups in total. The number of rotatable bonds is 7. The van der Waals surface area contributed by atoms with Crippen LogP contribution in [-0.2, 0) is 15.1 Å². The number of amides is 1. The summed E-state index contributed by atoms with van der Waals surface area (Å²) in [6.07, 6.45) is 1.82.